The Morgan fingerprint density at radius 2 is 1.72 bits per heavy atom. The second-order valence-corrected chi connectivity index (χ2v) is 6.53. The highest BCUT2D eigenvalue weighted by molar-refractivity contribution is 5.99. The zero-order valence-corrected chi connectivity index (χ0v) is 16.1. The van der Waals surface area contributed by atoms with E-state index in [0.29, 0.717) is 29.8 Å². The molecule has 7 nitrogen and oxygen atoms in total. The van der Waals surface area contributed by atoms with Gasteiger partial charge < -0.3 is 10.6 Å². The lowest BCUT2D eigenvalue weighted by Crippen LogP contribution is -2.21. The van der Waals surface area contributed by atoms with Crippen molar-refractivity contribution < 1.29 is 22.4 Å². The van der Waals surface area contributed by atoms with E-state index in [-0.39, 0.29) is 5.69 Å². The third-order valence-electron chi connectivity index (χ3n) is 4.37. The lowest BCUT2D eigenvalue weighted by molar-refractivity contribution is -0.137. The molecule has 0 aliphatic heterocycles. The molecule has 2 N–H and O–H groups in total. The van der Waals surface area contributed by atoms with Crippen LogP contribution in [-0.2, 0) is 6.18 Å². The van der Waals surface area contributed by atoms with Crippen LogP contribution in [0, 0.1) is 5.82 Å². The molecule has 0 aliphatic rings. The summed E-state index contributed by atoms with van der Waals surface area (Å²) < 4.78 is 54.0. The molecule has 0 radical (unpaired) electrons. The maximum atomic E-state index is 13.8. The molecule has 2 amide bonds. The van der Waals surface area contributed by atoms with Gasteiger partial charge in [0.05, 0.1) is 23.1 Å². The number of carbonyl (C=O) groups is 1. The fourth-order valence-corrected chi connectivity index (χ4v) is 2.89. The maximum absolute atomic E-state index is 13.8. The number of urea groups is 1. The fourth-order valence-electron chi connectivity index (χ4n) is 2.89. The molecule has 162 valence electrons. The average Bonchev–Trinajstić information content (AvgIpc) is 3.25. The minimum atomic E-state index is -4.66. The number of carbonyl (C=O) groups excluding carboxylic acids is 1. The van der Waals surface area contributed by atoms with Gasteiger partial charge in [-0.1, -0.05) is 0 Å². The van der Waals surface area contributed by atoms with Crippen molar-refractivity contribution >= 4 is 17.4 Å². The predicted molar refractivity (Wildman–Crippen MR) is 109 cm³/mol. The molecule has 0 fully saturated rings. The summed E-state index contributed by atoms with van der Waals surface area (Å²) in [5.41, 5.74) is -0.589. The van der Waals surface area contributed by atoms with Gasteiger partial charge in [0.25, 0.3) is 0 Å². The van der Waals surface area contributed by atoms with E-state index < -0.39 is 29.3 Å². The third-order valence-corrected chi connectivity index (χ3v) is 4.37. The monoisotopic (exact) mass is 442 g/mol. The molecule has 4 aromatic rings. The van der Waals surface area contributed by atoms with E-state index in [0.717, 1.165) is 5.56 Å². The van der Waals surface area contributed by atoms with Crippen LogP contribution in [0.3, 0.4) is 0 Å². The fraction of sp³-hybridized carbons (Fsp3) is 0.0476. The Kier molecular flexibility index (Phi) is 5.54. The van der Waals surface area contributed by atoms with Crippen LogP contribution in [0.15, 0.2) is 73.4 Å². The van der Waals surface area contributed by atoms with Crippen LogP contribution in [0.1, 0.15) is 5.56 Å². The Bertz CT molecular complexity index is 1240. The molecular formula is C21H14F4N6O. The molecule has 0 unspecified atom stereocenters. The summed E-state index contributed by atoms with van der Waals surface area (Å²) in [4.78, 5) is 24.7. The van der Waals surface area contributed by atoms with Gasteiger partial charge >= 0.3 is 12.2 Å². The summed E-state index contributed by atoms with van der Waals surface area (Å²) in [5.74, 6) is 0.160. The topological polar surface area (TPSA) is 84.7 Å². The van der Waals surface area contributed by atoms with Gasteiger partial charge in [-0.2, -0.15) is 13.2 Å². The number of imidazole rings is 1. The van der Waals surface area contributed by atoms with Gasteiger partial charge in [0.2, 0.25) is 0 Å². The molecule has 11 heteroatoms. The Hall–Kier alpha value is -4.28. The molecule has 0 saturated carbocycles. The van der Waals surface area contributed by atoms with Gasteiger partial charge in [-0.05, 0) is 42.5 Å². The summed E-state index contributed by atoms with van der Waals surface area (Å²) in [6.45, 7) is 0. The van der Waals surface area contributed by atoms with Gasteiger partial charge in [-0.25, -0.2) is 19.2 Å². The van der Waals surface area contributed by atoms with Gasteiger partial charge in [0.15, 0.2) is 0 Å². The van der Waals surface area contributed by atoms with Crippen molar-refractivity contribution in [2.75, 3.05) is 10.6 Å². The number of aromatic nitrogens is 4. The number of nitrogens with one attached hydrogen (secondary N) is 2. The van der Waals surface area contributed by atoms with E-state index in [1.165, 1.54) is 6.20 Å². The smallest absolute Gasteiger partial charge is 0.306 e. The molecular weight excluding hydrogens is 428 g/mol. The lowest BCUT2D eigenvalue weighted by Gasteiger charge is -2.12. The van der Waals surface area contributed by atoms with Gasteiger partial charge in [-0.15, -0.1) is 0 Å². The highest BCUT2D eigenvalue weighted by Gasteiger charge is 2.31. The van der Waals surface area contributed by atoms with Crippen LogP contribution in [0.2, 0.25) is 0 Å². The Morgan fingerprint density at radius 1 is 0.938 bits per heavy atom. The molecule has 0 bridgehead atoms. The molecule has 3 aromatic heterocycles. The summed E-state index contributed by atoms with van der Waals surface area (Å²) in [6.07, 6.45) is 3.30. The zero-order valence-electron chi connectivity index (χ0n) is 16.1. The number of amides is 2. The van der Waals surface area contributed by atoms with E-state index >= 15 is 0 Å². The summed E-state index contributed by atoms with van der Waals surface area (Å²) in [5, 5.41) is 4.47. The van der Waals surface area contributed by atoms with Crippen LogP contribution >= 0.6 is 0 Å². The van der Waals surface area contributed by atoms with E-state index in [1.54, 1.807) is 53.6 Å². The highest BCUT2D eigenvalue weighted by atomic mass is 19.4. The van der Waals surface area contributed by atoms with Crippen molar-refractivity contribution in [2.24, 2.45) is 0 Å². The molecule has 3 heterocycles. The minimum absolute atomic E-state index is 0.254. The van der Waals surface area contributed by atoms with E-state index in [4.69, 9.17) is 0 Å². The largest absolute Gasteiger partial charge is 0.416 e. The van der Waals surface area contributed by atoms with E-state index in [1.807, 2.05) is 0 Å². The Labute approximate surface area is 178 Å². The number of pyridine rings is 2. The van der Waals surface area contributed by atoms with Crippen molar-refractivity contribution in [3.8, 4) is 17.2 Å². The average molecular weight is 442 g/mol. The molecule has 0 aliphatic carbocycles. The summed E-state index contributed by atoms with van der Waals surface area (Å²) in [7, 11) is 0. The van der Waals surface area contributed by atoms with Crippen molar-refractivity contribution in [3.05, 3.63) is 84.8 Å². The van der Waals surface area contributed by atoms with Gasteiger partial charge in [-0.3, -0.25) is 9.55 Å². The summed E-state index contributed by atoms with van der Waals surface area (Å²) in [6, 6.07) is 7.59. The van der Waals surface area contributed by atoms with E-state index in [2.05, 4.69) is 25.6 Å². The first-order valence-corrected chi connectivity index (χ1v) is 9.16. The molecule has 1 aromatic carbocycles. The normalized spacial score (nSPS) is 11.2. The highest BCUT2D eigenvalue weighted by Crippen LogP contribution is 2.31. The van der Waals surface area contributed by atoms with Crippen LogP contribution in [0.4, 0.5) is 33.7 Å². The van der Waals surface area contributed by atoms with Crippen molar-refractivity contribution in [1.82, 2.24) is 19.5 Å². The number of hydrogen-bond acceptors (Lipinski definition) is 4. The van der Waals surface area contributed by atoms with Crippen molar-refractivity contribution in [1.29, 1.82) is 0 Å². The molecule has 4 rings (SSSR count). The molecule has 0 atom stereocenters. The first kappa shape index (κ1) is 21.0. The second-order valence-electron chi connectivity index (χ2n) is 6.53. The second kappa shape index (κ2) is 8.46. The number of nitrogens with zero attached hydrogens (tertiary/aromatic N) is 4. The van der Waals surface area contributed by atoms with Crippen LogP contribution in [0.5, 0.6) is 0 Å². The number of alkyl halides is 3. The van der Waals surface area contributed by atoms with Crippen molar-refractivity contribution in [3.63, 3.8) is 0 Å². The zero-order chi connectivity index (χ0) is 22.7. The molecule has 32 heavy (non-hydrogen) atoms. The number of benzene rings is 1. The predicted octanol–water partition coefficient (Wildman–Crippen LogP) is 5.13. The first-order chi connectivity index (χ1) is 15.3. The first-order valence-electron chi connectivity index (χ1n) is 9.16. The maximum Gasteiger partial charge on any atom is 0.416 e. The Balaban J connectivity index is 1.48. The number of rotatable bonds is 4. The molecule has 0 spiro atoms. The van der Waals surface area contributed by atoms with Crippen molar-refractivity contribution in [2.45, 2.75) is 6.18 Å². The van der Waals surface area contributed by atoms with Crippen LogP contribution in [-0.4, -0.2) is 25.6 Å². The number of hydrogen-bond donors (Lipinski definition) is 2. The lowest BCUT2D eigenvalue weighted by atomic mass is 10.2. The number of anilines is 2. The van der Waals surface area contributed by atoms with Gasteiger partial charge in [0.1, 0.15) is 17.5 Å². The SMILES string of the molecule is O=C(Nc1ccc(-n2ccnc2-c2ccncc2)nc1)Nc1cc(C(F)(F)F)ccc1F. The van der Waals surface area contributed by atoms with E-state index in [9.17, 15) is 22.4 Å². The van der Waals surface area contributed by atoms with Gasteiger partial charge in [0, 0.05) is 30.4 Å². The molecule has 0 saturated heterocycles. The minimum Gasteiger partial charge on any atom is -0.306 e. The summed E-state index contributed by atoms with van der Waals surface area (Å²) >= 11 is 0. The van der Waals surface area contributed by atoms with Crippen LogP contribution in [0.25, 0.3) is 17.2 Å². The Morgan fingerprint density at radius 3 is 2.41 bits per heavy atom. The quantitative estimate of drug-likeness (QED) is 0.429. The third kappa shape index (κ3) is 4.56. The van der Waals surface area contributed by atoms with Crippen LogP contribution < -0.4 is 10.6 Å². The standard InChI is InChI=1S/C21H14F4N6O/c22-16-3-1-14(21(23,24)25)11-17(16)30-20(32)29-15-2-4-18(28-12-15)31-10-9-27-19(31)13-5-7-26-8-6-13/h1-12H,(H2,29,30,32). The number of halogens is 4.